The second-order valence-electron chi connectivity index (χ2n) is 6.55. The number of anilines is 1. The van der Waals surface area contributed by atoms with E-state index in [4.69, 9.17) is 0 Å². The molecule has 3 aliphatic rings. The fourth-order valence-corrected chi connectivity index (χ4v) is 4.56. The average Bonchev–Trinajstić information content (AvgIpc) is 3.12. The zero-order chi connectivity index (χ0) is 13.8. The summed E-state index contributed by atoms with van der Waals surface area (Å²) in [5.41, 5.74) is 7.50. The van der Waals surface area contributed by atoms with Crippen LogP contribution in [0.1, 0.15) is 23.5 Å². The molecule has 2 aromatic carbocycles. The number of hydrogen-bond donors (Lipinski definition) is 1. The molecule has 2 nitrogen and oxygen atoms in total. The van der Waals surface area contributed by atoms with Crippen molar-refractivity contribution in [1.82, 2.24) is 5.32 Å². The van der Waals surface area contributed by atoms with Crippen molar-refractivity contribution in [3.8, 4) is 11.1 Å². The maximum atomic E-state index is 3.59. The zero-order valence-corrected chi connectivity index (χ0v) is 12.2. The van der Waals surface area contributed by atoms with Crippen molar-refractivity contribution in [2.45, 2.75) is 24.8 Å². The van der Waals surface area contributed by atoms with Crippen LogP contribution in [0.25, 0.3) is 11.1 Å². The summed E-state index contributed by atoms with van der Waals surface area (Å²) < 4.78 is 0. The number of piperidine rings is 1. The van der Waals surface area contributed by atoms with E-state index in [0.717, 1.165) is 12.6 Å². The molecule has 2 aromatic rings. The van der Waals surface area contributed by atoms with Gasteiger partial charge in [0.05, 0.1) is 0 Å². The van der Waals surface area contributed by atoms with E-state index in [9.17, 15) is 0 Å². The van der Waals surface area contributed by atoms with Crippen molar-refractivity contribution >= 4 is 5.69 Å². The van der Waals surface area contributed by atoms with Crippen LogP contribution in [-0.4, -0.2) is 25.7 Å². The van der Waals surface area contributed by atoms with E-state index < -0.39 is 0 Å². The van der Waals surface area contributed by atoms with Gasteiger partial charge in [-0.1, -0.05) is 30.3 Å². The van der Waals surface area contributed by atoms with Crippen molar-refractivity contribution < 1.29 is 0 Å². The number of fused-ring (bicyclic) bond motifs is 3. The van der Waals surface area contributed by atoms with Crippen molar-refractivity contribution in [2.24, 2.45) is 0 Å². The monoisotopic (exact) mass is 276 g/mol. The first-order chi connectivity index (χ1) is 10.4. The summed E-state index contributed by atoms with van der Waals surface area (Å²) in [5.74, 6) is 0.691. The predicted octanol–water partition coefficient (Wildman–Crippen LogP) is 3.18. The number of rotatable bonds is 1. The smallest absolute Gasteiger partial charge is 0.0439 e. The molecule has 106 valence electrons. The molecule has 3 heterocycles. The third kappa shape index (κ3) is 1.63. The normalized spacial score (nSPS) is 25.8. The van der Waals surface area contributed by atoms with E-state index >= 15 is 0 Å². The lowest BCUT2D eigenvalue weighted by atomic mass is 9.87. The lowest BCUT2D eigenvalue weighted by molar-refractivity contribution is 0.405. The maximum Gasteiger partial charge on any atom is 0.0439 e. The lowest BCUT2D eigenvalue weighted by Gasteiger charge is -2.32. The largest absolute Gasteiger partial charge is 0.367 e. The van der Waals surface area contributed by atoms with Crippen LogP contribution < -0.4 is 10.2 Å². The molecule has 0 aromatic heterocycles. The standard InChI is InChI=1S/C19H20N2/c1-2-4-13(5-3-1)15-10-14-7-9-21-18-6-8-20-12-17(18)16(11-15)19(14)21/h1-5,10-11,17-18,20H,6-9,12H2/t17-,18-/m0/s1. The van der Waals surface area contributed by atoms with Gasteiger partial charge in [0.2, 0.25) is 0 Å². The van der Waals surface area contributed by atoms with Gasteiger partial charge in [-0.3, -0.25) is 0 Å². The maximum absolute atomic E-state index is 3.59. The summed E-state index contributed by atoms with van der Waals surface area (Å²) in [6.45, 7) is 3.54. The Morgan fingerprint density at radius 2 is 1.95 bits per heavy atom. The van der Waals surface area contributed by atoms with Gasteiger partial charge in [0.1, 0.15) is 0 Å². The summed E-state index contributed by atoms with van der Waals surface area (Å²) in [6.07, 6.45) is 2.51. The van der Waals surface area contributed by atoms with Crippen LogP contribution in [0.3, 0.4) is 0 Å². The molecule has 0 unspecified atom stereocenters. The first kappa shape index (κ1) is 11.8. The van der Waals surface area contributed by atoms with Crippen LogP contribution >= 0.6 is 0 Å². The van der Waals surface area contributed by atoms with E-state index in [-0.39, 0.29) is 0 Å². The number of nitrogens with one attached hydrogen (secondary N) is 1. The van der Waals surface area contributed by atoms with E-state index in [1.54, 1.807) is 16.8 Å². The van der Waals surface area contributed by atoms with E-state index in [0.29, 0.717) is 5.92 Å². The minimum atomic E-state index is 0.691. The van der Waals surface area contributed by atoms with E-state index in [1.807, 2.05) is 0 Å². The van der Waals surface area contributed by atoms with Crippen LogP contribution in [0.2, 0.25) is 0 Å². The molecule has 0 radical (unpaired) electrons. The van der Waals surface area contributed by atoms with Gasteiger partial charge in [-0.15, -0.1) is 0 Å². The fourth-order valence-electron chi connectivity index (χ4n) is 4.56. The highest BCUT2D eigenvalue weighted by atomic mass is 15.2. The van der Waals surface area contributed by atoms with Gasteiger partial charge >= 0.3 is 0 Å². The summed E-state index contributed by atoms with van der Waals surface area (Å²) >= 11 is 0. The van der Waals surface area contributed by atoms with Gasteiger partial charge < -0.3 is 10.2 Å². The highest BCUT2D eigenvalue weighted by Gasteiger charge is 2.43. The highest BCUT2D eigenvalue weighted by Crippen LogP contribution is 2.49. The molecular formula is C19H20N2. The van der Waals surface area contributed by atoms with Crippen LogP contribution in [0, 0.1) is 0 Å². The number of hydrogen-bond acceptors (Lipinski definition) is 2. The molecule has 0 bridgehead atoms. The van der Waals surface area contributed by atoms with Crippen LogP contribution in [-0.2, 0) is 6.42 Å². The quantitative estimate of drug-likeness (QED) is 0.860. The number of nitrogens with zero attached hydrogens (tertiary/aromatic N) is 1. The van der Waals surface area contributed by atoms with E-state index in [2.05, 4.69) is 52.7 Å². The first-order valence-corrected chi connectivity index (χ1v) is 8.11. The van der Waals surface area contributed by atoms with Gasteiger partial charge in [0.25, 0.3) is 0 Å². The molecule has 2 atom stereocenters. The van der Waals surface area contributed by atoms with Gasteiger partial charge in [-0.2, -0.15) is 0 Å². The van der Waals surface area contributed by atoms with Crippen LogP contribution in [0.5, 0.6) is 0 Å². The van der Waals surface area contributed by atoms with Crippen molar-refractivity contribution in [1.29, 1.82) is 0 Å². The molecule has 21 heavy (non-hydrogen) atoms. The third-order valence-electron chi connectivity index (χ3n) is 5.48. The van der Waals surface area contributed by atoms with Crippen LogP contribution in [0.4, 0.5) is 5.69 Å². The summed E-state index contributed by atoms with van der Waals surface area (Å²) in [6, 6.07) is 16.5. The Morgan fingerprint density at radius 3 is 2.86 bits per heavy atom. The Labute approximate surface area is 125 Å². The molecular weight excluding hydrogens is 256 g/mol. The van der Waals surface area contributed by atoms with Crippen molar-refractivity contribution in [3.63, 3.8) is 0 Å². The Kier molecular flexibility index (Phi) is 2.45. The minimum absolute atomic E-state index is 0.691. The summed E-state index contributed by atoms with van der Waals surface area (Å²) in [7, 11) is 0. The van der Waals surface area contributed by atoms with Gasteiger partial charge in [-0.25, -0.2) is 0 Å². The Morgan fingerprint density at radius 1 is 1.05 bits per heavy atom. The van der Waals surface area contributed by atoms with Gasteiger partial charge in [0, 0.05) is 30.7 Å². The fraction of sp³-hybridized carbons (Fsp3) is 0.368. The molecule has 3 aliphatic heterocycles. The average molecular weight is 276 g/mol. The summed E-state index contributed by atoms with van der Waals surface area (Å²) in [4.78, 5) is 2.70. The Hall–Kier alpha value is -1.80. The Balaban J connectivity index is 1.68. The summed E-state index contributed by atoms with van der Waals surface area (Å²) in [5, 5.41) is 3.59. The second kappa shape index (κ2) is 4.35. The molecule has 0 saturated carbocycles. The molecule has 1 N–H and O–H groups in total. The predicted molar refractivity (Wildman–Crippen MR) is 86.9 cm³/mol. The third-order valence-corrected chi connectivity index (χ3v) is 5.48. The topological polar surface area (TPSA) is 15.3 Å². The molecule has 1 saturated heterocycles. The van der Waals surface area contributed by atoms with Gasteiger partial charge in [-0.05, 0) is 53.8 Å². The zero-order valence-electron chi connectivity index (χ0n) is 12.2. The minimum Gasteiger partial charge on any atom is -0.367 e. The van der Waals surface area contributed by atoms with Crippen LogP contribution in [0.15, 0.2) is 42.5 Å². The molecule has 1 fully saturated rings. The molecule has 0 aliphatic carbocycles. The van der Waals surface area contributed by atoms with Crippen molar-refractivity contribution in [2.75, 3.05) is 24.5 Å². The SMILES string of the molecule is c1ccc(-c2cc3c4c(c2)[C@@H]2CNCC[C@@H]2N4CC3)cc1. The number of benzene rings is 2. The molecule has 5 rings (SSSR count). The molecule has 0 spiro atoms. The van der Waals surface area contributed by atoms with Gasteiger partial charge in [0.15, 0.2) is 0 Å². The molecule has 0 amide bonds. The highest BCUT2D eigenvalue weighted by molar-refractivity contribution is 5.77. The Bertz CT molecular complexity index is 692. The second-order valence-corrected chi connectivity index (χ2v) is 6.55. The van der Waals surface area contributed by atoms with E-state index in [1.165, 1.54) is 37.1 Å². The molecule has 2 heteroatoms. The lowest BCUT2D eigenvalue weighted by Crippen LogP contribution is -2.43. The first-order valence-electron chi connectivity index (χ1n) is 8.11. The van der Waals surface area contributed by atoms with Crippen molar-refractivity contribution in [3.05, 3.63) is 53.6 Å².